The fourth-order valence-corrected chi connectivity index (χ4v) is 3.60. The van der Waals surface area contributed by atoms with E-state index in [1.54, 1.807) is 29.2 Å². The molecule has 1 atom stereocenters. The van der Waals surface area contributed by atoms with Gasteiger partial charge in [0.15, 0.2) is 11.5 Å². The highest BCUT2D eigenvalue weighted by molar-refractivity contribution is 7.12. The average Bonchev–Trinajstić information content (AvgIpc) is 3.33. The van der Waals surface area contributed by atoms with Gasteiger partial charge < -0.3 is 19.1 Å². The number of ether oxygens (including phenoxy) is 3. The zero-order valence-electron chi connectivity index (χ0n) is 12.8. The van der Waals surface area contributed by atoms with Crippen LogP contribution in [0.25, 0.3) is 0 Å². The van der Waals surface area contributed by atoms with Crippen LogP contribution in [0.15, 0.2) is 35.7 Å². The van der Waals surface area contributed by atoms with Crippen LogP contribution in [0.5, 0.6) is 17.2 Å². The SMILES string of the molecule is O=C(Oc1ccc2c(c1)OCO2)[C@H]1CCCN1C(=O)c1cccs1. The summed E-state index contributed by atoms with van der Waals surface area (Å²) in [5.74, 6) is 1.04. The van der Waals surface area contributed by atoms with E-state index in [0.29, 0.717) is 35.1 Å². The van der Waals surface area contributed by atoms with E-state index in [-0.39, 0.29) is 12.7 Å². The summed E-state index contributed by atoms with van der Waals surface area (Å²) in [6.45, 7) is 0.732. The lowest BCUT2D eigenvalue weighted by molar-refractivity contribution is -0.138. The zero-order valence-corrected chi connectivity index (χ0v) is 13.6. The smallest absolute Gasteiger partial charge is 0.334 e. The van der Waals surface area contributed by atoms with Crippen LogP contribution in [0.1, 0.15) is 22.5 Å². The number of likely N-dealkylation sites (tertiary alicyclic amines) is 1. The maximum atomic E-state index is 12.5. The highest BCUT2D eigenvalue weighted by atomic mass is 32.1. The van der Waals surface area contributed by atoms with Gasteiger partial charge in [-0.1, -0.05) is 6.07 Å². The molecule has 2 aliphatic rings. The molecule has 1 aromatic heterocycles. The highest BCUT2D eigenvalue weighted by Crippen LogP contribution is 2.35. The quantitative estimate of drug-likeness (QED) is 0.632. The molecule has 0 spiro atoms. The van der Waals surface area contributed by atoms with Crippen LogP contribution in [0.2, 0.25) is 0 Å². The molecule has 7 heteroatoms. The van der Waals surface area contributed by atoms with Gasteiger partial charge >= 0.3 is 5.97 Å². The lowest BCUT2D eigenvalue weighted by Crippen LogP contribution is -2.42. The van der Waals surface area contributed by atoms with Gasteiger partial charge in [-0.2, -0.15) is 0 Å². The first kappa shape index (κ1) is 15.0. The number of nitrogens with zero attached hydrogens (tertiary/aromatic N) is 1. The van der Waals surface area contributed by atoms with Crippen LogP contribution < -0.4 is 14.2 Å². The van der Waals surface area contributed by atoms with Crippen molar-refractivity contribution >= 4 is 23.2 Å². The number of esters is 1. The van der Waals surface area contributed by atoms with Crippen molar-refractivity contribution in [2.75, 3.05) is 13.3 Å². The number of hydrogen-bond acceptors (Lipinski definition) is 6. The molecule has 2 aromatic rings. The van der Waals surface area contributed by atoms with E-state index in [1.807, 2.05) is 11.4 Å². The minimum atomic E-state index is -0.551. The number of amides is 1. The molecule has 4 rings (SSSR count). The van der Waals surface area contributed by atoms with Crippen molar-refractivity contribution in [3.8, 4) is 17.2 Å². The lowest BCUT2D eigenvalue weighted by atomic mass is 10.2. The zero-order chi connectivity index (χ0) is 16.5. The Kier molecular flexibility index (Phi) is 3.86. The second kappa shape index (κ2) is 6.16. The van der Waals surface area contributed by atoms with Crippen LogP contribution in [-0.4, -0.2) is 36.2 Å². The second-order valence-electron chi connectivity index (χ2n) is 5.57. The van der Waals surface area contributed by atoms with Crippen LogP contribution in [0.3, 0.4) is 0 Å². The summed E-state index contributed by atoms with van der Waals surface area (Å²) in [6.07, 6.45) is 1.40. The third-order valence-corrected chi connectivity index (χ3v) is 4.94. The molecule has 0 unspecified atom stereocenters. The normalized spacial score (nSPS) is 18.7. The van der Waals surface area contributed by atoms with Gasteiger partial charge in [0.2, 0.25) is 6.79 Å². The number of carbonyl (C=O) groups is 2. The van der Waals surface area contributed by atoms with Gasteiger partial charge in [-0.25, -0.2) is 4.79 Å². The summed E-state index contributed by atoms with van der Waals surface area (Å²) in [5.41, 5.74) is 0. The van der Waals surface area contributed by atoms with Crippen molar-refractivity contribution in [3.05, 3.63) is 40.6 Å². The molecule has 124 valence electrons. The van der Waals surface area contributed by atoms with Gasteiger partial charge in [-0.3, -0.25) is 4.79 Å². The summed E-state index contributed by atoms with van der Waals surface area (Å²) in [7, 11) is 0. The Labute approximate surface area is 142 Å². The third kappa shape index (κ3) is 2.71. The summed E-state index contributed by atoms with van der Waals surface area (Å²) in [5, 5.41) is 1.85. The van der Waals surface area contributed by atoms with Gasteiger partial charge in [0.05, 0.1) is 4.88 Å². The number of rotatable bonds is 3. The first-order valence-corrected chi connectivity index (χ1v) is 8.56. The maximum absolute atomic E-state index is 12.5. The predicted octanol–water partition coefficient (Wildman–Crippen LogP) is 2.69. The molecule has 0 N–H and O–H groups in total. The Balaban J connectivity index is 1.48. The minimum absolute atomic E-state index is 0.116. The molecule has 24 heavy (non-hydrogen) atoms. The Hall–Kier alpha value is -2.54. The standard InChI is InChI=1S/C17H15NO5S/c19-16(15-4-2-8-24-15)18-7-1-3-12(18)17(20)23-11-5-6-13-14(9-11)22-10-21-13/h2,4-6,8-9,12H,1,3,7,10H2/t12-/m1/s1. The van der Waals surface area contributed by atoms with Crippen LogP contribution in [0, 0.1) is 0 Å². The largest absolute Gasteiger partial charge is 0.454 e. The molecule has 1 saturated heterocycles. The summed E-state index contributed by atoms with van der Waals surface area (Å²) >= 11 is 1.38. The fourth-order valence-electron chi connectivity index (χ4n) is 2.92. The van der Waals surface area contributed by atoms with E-state index in [4.69, 9.17) is 14.2 Å². The van der Waals surface area contributed by atoms with Crippen molar-refractivity contribution in [2.45, 2.75) is 18.9 Å². The highest BCUT2D eigenvalue weighted by Gasteiger charge is 2.36. The van der Waals surface area contributed by atoms with Crippen molar-refractivity contribution in [3.63, 3.8) is 0 Å². The van der Waals surface area contributed by atoms with E-state index in [2.05, 4.69) is 0 Å². The number of fused-ring (bicyclic) bond motifs is 1. The molecule has 0 radical (unpaired) electrons. The Morgan fingerprint density at radius 2 is 2.08 bits per heavy atom. The molecule has 1 aromatic carbocycles. The van der Waals surface area contributed by atoms with Crippen molar-refractivity contribution in [1.82, 2.24) is 4.90 Å². The summed E-state index contributed by atoms with van der Waals surface area (Å²) < 4.78 is 16.0. The molecule has 1 fully saturated rings. The molecule has 0 aliphatic carbocycles. The third-order valence-electron chi connectivity index (χ3n) is 4.08. The first-order valence-electron chi connectivity index (χ1n) is 7.68. The van der Waals surface area contributed by atoms with E-state index in [1.165, 1.54) is 11.3 Å². The Bertz CT molecular complexity index is 773. The molecule has 3 heterocycles. The predicted molar refractivity (Wildman–Crippen MR) is 86.6 cm³/mol. The molecule has 1 amide bonds. The van der Waals surface area contributed by atoms with Crippen LogP contribution in [-0.2, 0) is 4.79 Å². The molecule has 6 nitrogen and oxygen atoms in total. The number of hydrogen-bond donors (Lipinski definition) is 0. The fraction of sp³-hybridized carbons (Fsp3) is 0.294. The van der Waals surface area contributed by atoms with Gasteiger partial charge in [0.1, 0.15) is 11.8 Å². The Morgan fingerprint density at radius 1 is 1.21 bits per heavy atom. The molecule has 0 bridgehead atoms. The van der Waals surface area contributed by atoms with Gasteiger partial charge in [-0.05, 0) is 36.4 Å². The van der Waals surface area contributed by atoms with E-state index >= 15 is 0 Å². The molecular weight excluding hydrogens is 330 g/mol. The Morgan fingerprint density at radius 3 is 2.92 bits per heavy atom. The van der Waals surface area contributed by atoms with Crippen LogP contribution in [0.4, 0.5) is 0 Å². The number of carbonyl (C=O) groups excluding carboxylic acids is 2. The summed E-state index contributed by atoms with van der Waals surface area (Å²) in [6, 6.07) is 8.03. The topological polar surface area (TPSA) is 65.1 Å². The van der Waals surface area contributed by atoms with Crippen molar-refractivity contribution in [1.29, 1.82) is 0 Å². The summed E-state index contributed by atoms with van der Waals surface area (Å²) in [4.78, 5) is 27.3. The molecule has 0 saturated carbocycles. The molecular formula is C17H15NO5S. The molecule has 2 aliphatic heterocycles. The minimum Gasteiger partial charge on any atom is -0.454 e. The average molecular weight is 345 g/mol. The van der Waals surface area contributed by atoms with E-state index in [9.17, 15) is 9.59 Å². The van der Waals surface area contributed by atoms with Gasteiger partial charge in [0.25, 0.3) is 5.91 Å². The maximum Gasteiger partial charge on any atom is 0.334 e. The number of thiophene rings is 1. The van der Waals surface area contributed by atoms with Crippen molar-refractivity contribution in [2.24, 2.45) is 0 Å². The first-order chi connectivity index (χ1) is 11.7. The van der Waals surface area contributed by atoms with Gasteiger partial charge in [-0.15, -0.1) is 11.3 Å². The van der Waals surface area contributed by atoms with Crippen LogP contribution >= 0.6 is 11.3 Å². The van der Waals surface area contributed by atoms with Gasteiger partial charge in [0, 0.05) is 12.6 Å². The number of benzene rings is 1. The van der Waals surface area contributed by atoms with E-state index in [0.717, 1.165) is 6.42 Å². The lowest BCUT2D eigenvalue weighted by Gasteiger charge is -2.22. The van der Waals surface area contributed by atoms with E-state index < -0.39 is 12.0 Å². The monoisotopic (exact) mass is 345 g/mol. The second-order valence-corrected chi connectivity index (χ2v) is 6.52. The van der Waals surface area contributed by atoms with Crippen molar-refractivity contribution < 1.29 is 23.8 Å².